The Morgan fingerprint density at radius 2 is 2.50 bits per heavy atom. The molecule has 1 amide bonds. The van der Waals surface area contributed by atoms with Gasteiger partial charge in [-0.3, -0.25) is 14.2 Å². The monoisotopic (exact) mass is 295 g/mol. The van der Waals surface area contributed by atoms with Gasteiger partial charge in [0.25, 0.3) is 11.5 Å². The molecule has 0 bridgehead atoms. The summed E-state index contributed by atoms with van der Waals surface area (Å²) in [6.45, 7) is 3.27. The van der Waals surface area contributed by atoms with Crippen LogP contribution in [0.3, 0.4) is 0 Å². The first-order valence-electron chi connectivity index (χ1n) is 6.82. The van der Waals surface area contributed by atoms with Crippen LogP contribution in [0, 0.1) is 0 Å². The Bertz CT molecular complexity index is 581. The highest BCUT2D eigenvalue weighted by Crippen LogP contribution is 2.20. The molecule has 1 N–H and O–H groups in total. The minimum absolute atomic E-state index is 0.0413. The minimum atomic E-state index is -0.363. The van der Waals surface area contributed by atoms with Gasteiger partial charge >= 0.3 is 0 Å². The van der Waals surface area contributed by atoms with E-state index >= 15 is 0 Å². The quantitative estimate of drug-likeness (QED) is 0.829. The van der Waals surface area contributed by atoms with Gasteiger partial charge in [0.1, 0.15) is 5.56 Å². The molecule has 2 atom stereocenters. The van der Waals surface area contributed by atoms with E-state index in [9.17, 15) is 9.59 Å². The zero-order chi connectivity index (χ0) is 14.1. The summed E-state index contributed by atoms with van der Waals surface area (Å²) in [7, 11) is 0. The van der Waals surface area contributed by atoms with E-state index in [1.165, 1.54) is 18.0 Å². The fourth-order valence-corrected chi connectivity index (χ4v) is 3.46. The lowest BCUT2D eigenvalue weighted by atomic mass is 10.1. The molecule has 0 aliphatic carbocycles. The first kappa shape index (κ1) is 13.6. The molecule has 3 heterocycles. The van der Waals surface area contributed by atoms with Crippen molar-refractivity contribution in [2.75, 3.05) is 12.4 Å². The molecule has 20 heavy (non-hydrogen) atoms. The summed E-state index contributed by atoms with van der Waals surface area (Å²) in [5.74, 6) is 0.470. The van der Waals surface area contributed by atoms with Crippen LogP contribution >= 0.6 is 11.8 Å². The highest BCUT2D eigenvalue weighted by molar-refractivity contribution is 7.99. The van der Waals surface area contributed by atoms with Crippen molar-refractivity contribution in [3.63, 3.8) is 0 Å². The number of thioether (sulfide) groups is 1. The van der Waals surface area contributed by atoms with Crippen LogP contribution in [0.5, 0.6) is 0 Å². The van der Waals surface area contributed by atoms with Gasteiger partial charge in [-0.25, -0.2) is 4.98 Å². The van der Waals surface area contributed by atoms with Crippen LogP contribution in [0.25, 0.3) is 0 Å². The third kappa shape index (κ3) is 2.47. The predicted octanol–water partition coefficient (Wildman–Crippen LogP) is 0.646. The van der Waals surface area contributed by atoms with Gasteiger partial charge in [0.2, 0.25) is 0 Å². The van der Waals surface area contributed by atoms with Crippen molar-refractivity contribution < 1.29 is 9.53 Å². The summed E-state index contributed by atoms with van der Waals surface area (Å²) in [5, 5.41) is 3.54. The molecule has 1 aromatic heterocycles. The second kappa shape index (κ2) is 5.57. The highest BCUT2D eigenvalue weighted by Gasteiger charge is 2.26. The maximum absolute atomic E-state index is 12.2. The number of carbonyl (C=O) groups is 1. The zero-order valence-corrected chi connectivity index (χ0v) is 12.1. The van der Waals surface area contributed by atoms with Crippen molar-refractivity contribution in [3.05, 3.63) is 22.1 Å². The van der Waals surface area contributed by atoms with Crippen LogP contribution in [-0.2, 0) is 11.3 Å². The topological polar surface area (TPSA) is 73.2 Å². The molecule has 3 rings (SSSR count). The second-order valence-corrected chi connectivity index (χ2v) is 6.14. The largest absolute Gasteiger partial charge is 0.376 e. The summed E-state index contributed by atoms with van der Waals surface area (Å²) in [5.41, 5.74) is -0.141. The van der Waals surface area contributed by atoms with Crippen LogP contribution < -0.4 is 10.9 Å². The van der Waals surface area contributed by atoms with Gasteiger partial charge in [0, 0.05) is 25.1 Å². The maximum atomic E-state index is 12.2. The summed E-state index contributed by atoms with van der Waals surface area (Å²) < 4.78 is 7.10. The molecule has 1 aromatic rings. The smallest absolute Gasteiger partial charge is 0.267 e. The van der Waals surface area contributed by atoms with Crippen LogP contribution in [0.1, 0.15) is 30.1 Å². The Morgan fingerprint density at radius 3 is 3.25 bits per heavy atom. The van der Waals surface area contributed by atoms with Gasteiger partial charge in [0.05, 0.1) is 12.1 Å². The van der Waals surface area contributed by atoms with E-state index in [4.69, 9.17) is 4.74 Å². The van der Waals surface area contributed by atoms with Gasteiger partial charge in [0.15, 0.2) is 5.16 Å². The first-order chi connectivity index (χ1) is 9.66. The summed E-state index contributed by atoms with van der Waals surface area (Å²) >= 11 is 1.54. The van der Waals surface area contributed by atoms with Gasteiger partial charge in [-0.1, -0.05) is 11.8 Å². The SMILES string of the molecule is CC(NC(=O)c1cnc2n(c1=O)CCS2)C1CCCO1. The highest BCUT2D eigenvalue weighted by atomic mass is 32.2. The van der Waals surface area contributed by atoms with E-state index in [0.29, 0.717) is 11.7 Å². The lowest BCUT2D eigenvalue weighted by Crippen LogP contribution is -2.43. The predicted molar refractivity (Wildman–Crippen MR) is 75.1 cm³/mol. The van der Waals surface area contributed by atoms with Crippen molar-refractivity contribution in [1.29, 1.82) is 0 Å². The fraction of sp³-hybridized carbons (Fsp3) is 0.615. The molecule has 0 spiro atoms. The number of carbonyl (C=O) groups excluding carboxylic acids is 1. The van der Waals surface area contributed by atoms with Gasteiger partial charge in [-0.15, -0.1) is 0 Å². The minimum Gasteiger partial charge on any atom is -0.376 e. The number of nitrogens with one attached hydrogen (secondary N) is 1. The van der Waals surface area contributed by atoms with Crippen LogP contribution in [0.2, 0.25) is 0 Å². The fourth-order valence-electron chi connectivity index (χ4n) is 2.55. The zero-order valence-electron chi connectivity index (χ0n) is 11.3. The molecule has 6 nitrogen and oxygen atoms in total. The molecule has 0 saturated carbocycles. The molecule has 2 aliphatic heterocycles. The molecule has 2 aliphatic rings. The Hall–Kier alpha value is -1.34. The molecule has 108 valence electrons. The number of hydrogen-bond acceptors (Lipinski definition) is 5. The van der Waals surface area contributed by atoms with E-state index in [0.717, 1.165) is 25.2 Å². The van der Waals surface area contributed by atoms with E-state index < -0.39 is 0 Å². The standard InChI is InChI=1S/C13H17N3O3S/c1-8(10-3-2-5-19-10)15-11(17)9-7-14-13-16(12(9)18)4-6-20-13/h7-8,10H,2-6H2,1H3,(H,15,17). The third-order valence-electron chi connectivity index (χ3n) is 3.68. The summed E-state index contributed by atoms with van der Waals surface area (Å²) in [6, 6.07) is -0.1000. The first-order valence-corrected chi connectivity index (χ1v) is 7.80. The Morgan fingerprint density at radius 1 is 1.65 bits per heavy atom. The molecule has 1 fully saturated rings. The number of nitrogens with zero attached hydrogens (tertiary/aromatic N) is 2. The van der Waals surface area contributed by atoms with Gasteiger partial charge in [-0.2, -0.15) is 0 Å². The lowest BCUT2D eigenvalue weighted by Gasteiger charge is -2.19. The van der Waals surface area contributed by atoms with E-state index in [1.54, 1.807) is 4.57 Å². The van der Waals surface area contributed by atoms with Crippen LogP contribution in [0.15, 0.2) is 16.1 Å². The third-order valence-corrected chi connectivity index (χ3v) is 4.65. The number of rotatable bonds is 3. The molecule has 1 saturated heterocycles. The Kier molecular flexibility index (Phi) is 3.80. The van der Waals surface area contributed by atoms with Gasteiger partial charge in [-0.05, 0) is 19.8 Å². The average Bonchev–Trinajstić information content (AvgIpc) is 3.10. The second-order valence-electron chi connectivity index (χ2n) is 5.07. The number of ether oxygens (including phenoxy) is 1. The number of amides is 1. The van der Waals surface area contributed by atoms with Gasteiger partial charge < -0.3 is 10.1 Å². The van der Waals surface area contributed by atoms with Crippen LogP contribution in [0.4, 0.5) is 0 Å². The number of hydrogen-bond donors (Lipinski definition) is 1. The van der Waals surface area contributed by atoms with Crippen molar-refractivity contribution in [3.8, 4) is 0 Å². The molecule has 2 unspecified atom stereocenters. The van der Waals surface area contributed by atoms with E-state index in [-0.39, 0.29) is 29.2 Å². The van der Waals surface area contributed by atoms with Crippen molar-refractivity contribution in [1.82, 2.24) is 14.9 Å². The summed E-state index contributed by atoms with van der Waals surface area (Å²) in [6.07, 6.45) is 3.38. The van der Waals surface area contributed by atoms with E-state index in [1.807, 2.05) is 6.92 Å². The Labute approximate surface area is 120 Å². The molecular weight excluding hydrogens is 278 g/mol. The van der Waals surface area contributed by atoms with Crippen LogP contribution in [-0.4, -0.2) is 40.0 Å². The van der Waals surface area contributed by atoms with Crippen molar-refractivity contribution >= 4 is 17.7 Å². The number of fused-ring (bicyclic) bond motifs is 1. The molecule has 7 heteroatoms. The molecule has 0 aromatic carbocycles. The molecular formula is C13H17N3O3S. The molecule has 0 radical (unpaired) electrons. The number of aromatic nitrogens is 2. The normalized spacial score (nSPS) is 22.6. The Balaban J connectivity index is 1.76. The maximum Gasteiger partial charge on any atom is 0.267 e. The van der Waals surface area contributed by atoms with Crippen molar-refractivity contribution in [2.45, 2.75) is 43.6 Å². The summed E-state index contributed by atoms with van der Waals surface area (Å²) in [4.78, 5) is 28.6. The average molecular weight is 295 g/mol. The van der Waals surface area contributed by atoms with Crippen molar-refractivity contribution in [2.24, 2.45) is 0 Å². The lowest BCUT2D eigenvalue weighted by molar-refractivity contribution is 0.0710. The van der Waals surface area contributed by atoms with E-state index in [2.05, 4.69) is 10.3 Å².